The summed E-state index contributed by atoms with van der Waals surface area (Å²) in [6, 6.07) is 14.4. The van der Waals surface area contributed by atoms with E-state index in [9.17, 15) is 14.0 Å². The van der Waals surface area contributed by atoms with E-state index in [4.69, 9.17) is 4.74 Å². The maximum absolute atomic E-state index is 13.5. The molecule has 2 heterocycles. The van der Waals surface area contributed by atoms with Crippen LogP contribution in [0.4, 0.5) is 10.1 Å². The molecule has 0 atom stereocenters. The lowest BCUT2D eigenvalue weighted by Gasteiger charge is -2.36. The van der Waals surface area contributed by atoms with Crippen LogP contribution in [0.2, 0.25) is 0 Å². The van der Waals surface area contributed by atoms with Crippen LogP contribution in [0, 0.1) is 12.7 Å². The van der Waals surface area contributed by atoms with E-state index in [1.54, 1.807) is 30.9 Å². The second-order valence-electron chi connectivity index (χ2n) is 8.66. The Kier molecular flexibility index (Phi) is 9.12. The number of halogens is 2. The molecule has 4 rings (SSSR count). The van der Waals surface area contributed by atoms with Crippen molar-refractivity contribution in [1.29, 1.82) is 0 Å². The highest BCUT2D eigenvalue weighted by Crippen LogP contribution is 2.29. The Morgan fingerprint density at radius 3 is 2.37 bits per heavy atom. The van der Waals surface area contributed by atoms with Gasteiger partial charge in [0.1, 0.15) is 11.6 Å². The van der Waals surface area contributed by atoms with Crippen LogP contribution in [0.15, 0.2) is 64.3 Å². The third-order valence-corrected chi connectivity index (χ3v) is 6.32. The van der Waals surface area contributed by atoms with E-state index in [0.717, 1.165) is 44.0 Å². The predicted octanol–water partition coefficient (Wildman–Crippen LogP) is 3.15. The topological polar surface area (TPSA) is 59.7 Å². The van der Waals surface area contributed by atoms with Crippen molar-refractivity contribution in [3.05, 3.63) is 92.5 Å². The fourth-order valence-electron chi connectivity index (χ4n) is 4.47. The van der Waals surface area contributed by atoms with E-state index in [-0.39, 0.29) is 29.5 Å². The summed E-state index contributed by atoms with van der Waals surface area (Å²) in [5, 5.41) is 0. The maximum atomic E-state index is 13.5. The summed E-state index contributed by atoms with van der Waals surface area (Å²) in [6.07, 6.45) is 2.36. The second kappa shape index (κ2) is 12.0. The van der Waals surface area contributed by atoms with Crippen molar-refractivity contribution in [2.75, 3.05) is 44.7 Å². The number of methoxy groups -OCH3 is 1. The van der Waals surface area contributed by atoms with E-state index in [1.807, 2.05) is 30.3 Å². The van der Waals surface area contributed by atoms with E-state index in [1.165, 1.54) is 16.7 Å². The molecule has 1 aliphatic rings. The minimum atomic E-state index is -0.312. The minimum Gasteiger partial charge on any atom is -0.494 e. The molecule has 1 aromatic heterocycles. The van der Waals surface area contributed by atoms with Gasteiger partial charge in [-0.05, 0) is 37.6 Å². The number of ether oxygens (including phenoxy) is 1. The van der Waals surface area contributed by atoms with Crippen molar-refractivity contribution in [3.63, 3.8) is 0 Å². The SMILES string of the molecule is COc1cc(F)ccc1N1CCN(CCCn2c(=O)c(C)cn(Cc3ccccc3)c2=O)CC1.Cl. The molecule has 0 spiro atoms. The lowest BCUT2D eigenvalue weighted by molar-refractivity contribution is 0.248. The number of anilines is 1. The quantitative estimate of drug-likeness (QED) is 0.473. The van der Waals surface area contributed by atoms with Crippen LogP contribution in [0.1, 0.15) is 17.5 Å². The van der Waals surface area contributed by atoms with Gasteiger partial charge >= 0.3 is 5.69 Å². The van der Waals surface area contributed by atoms with Gasteiger partial charge in [-0.25, -0.2) is 9.18 Å². The van der Waals surface area contributed by atoms with Crippen LogP contribution in [0.25, 0.3) is 0 Å². The summed E-state index contributed by atoms with van der Waals surface area (Å²) in [7, 11) is 1.55. The van der Waals surface area contributed by atoms with Crippen molar-refractivity contribution < 1.29 is 9.13 Å². The first-order chi connectivity index (χ1) is 16.5. The number of hydrogen-bond donors (Lipinski definition) is 0. The fraction of sp³-hybridized carbons (Fsp3) is 0.385. The lowest BCUT2D eigenvalue weighted by atomic mass is 10.2. The number of hydrogen-bond acceptors (Lipinski definition) is 5. The van der Waals surface area contributed by atoms with Crippen molar-refractivity contribution in [2.45, 2.75) is 26.4 Å². The smallest absolute Gasteiger partial charge is 0.331 e. The highest BCUT2D eigenvalue weighted by atomic mass is 35.5. The molecule has 0 aliphatic carbocycles. The fourth-order valence-corrected chi connectivity index (χ4v) is 4.47. The molecule has 35 heavy (non-hydrogen) atoms. The molecule has 0 bridgehead atoms. The molecule has 0 amide bonds. The zero-order valence-electron chi connectivity index (χ0n) is 20.2. The number of aryl methyl sites for hydroxylation is 1. The molecule has 2 aromatic carbocycles. The van der Waals surface area contributed by atoms with Crippen molar-refractivity contribution in [3.8, 4) is 5.75 Å². The predicted molar refractivity (Wildman–Crippen MR) is 139 cm³/mol. The number of aromatic nitrogens is 2. The Morgan fingerprint density at radius 1 is 0.971 bits per heavy atom. The van der Waals surface area contributed by atoms with E-state index in [2.05, 4.69) is 9.80 Å². The average Bonchev–Trinajstić information content (AvgIpc) is 2.85. The summed E-state index contributed by atoms with van der Waals surface area (Å²) in [4.78, 5) is 30.2. The second-order valence-corrected chi connectivity index (χ2v) is 8.66. The molecule has 0 saturated carbocycles. The molecule has 0 radical (unpaired) electrons. The Labute approximate surface area is 210 Å². The van der Waals surface area contributed by atoms with Crippen LogP contribution in [-0.2, 0) is 13.1 Å². The first-order valence-electron chi connectivity index (χ1n) is 11.6. The normalized spacial score (nSPS) is 14.0. The number of piperazine rings is 1. The van der Waals surface area contributed by atoms with Crippen LogP contribution < -0.4 is 20.9 Å². The van der Waals surface area contributed by atoms with Crippen LogP contribution in [0.5, 0.6) is 5.75 Å². The third-order valence-electron chi connectivity index (χ3n) is 6.32. The number of nitrogens with zero attached hydrogens (tertiary/aromatic N) is 4. The first-order valence-corrected chi connectivity index (χ1v) is 11.6. The van der Waals surface area contributed by atoms with Crippen LogP contribution in [0.3, 0.4) is 0 Å². The third kappa shape index (κ3) is 6.32. The first kappa shape index (κ1) is 26.5. The Bertz CT molecular complexity index is 1240. The summed E-state index contributed by atoms with van der Waals surface area (Å²) in [5.74, 6) is 0.229. The highest BCUT2D eigenvalue weighted by Gasteiger charge is 2.20. The minimum absolute atomic E-state index is 0. The van der Waals surface area contributed by atoms with Crippen molar-refractivity contribution in [1.82, 2.24) is 14.0 Å². The zero-order chi connectivity index (χ0) is 24.1. The Morgan fingerprint density at radius 2 is 1.69 bits per heavy atom. The highest BCUT2D eigenvalue weighted by molar-refractivity contribution is 5.85. The molecule has 1 fully saturated rings. The van der Waals surface area contributed by atoms with Crippen LogP contribution in [-0.4, -0.2) is 53.9 Å². The van der Waals surface area contributed by atoms with Gasteiger partial charge in [-0.2, -0.15) is 0 Å². The molecule has 1 aliphatic heterocycles. The van der Waals surface area contributed by atoms with Gasteiger partial charge in [-0.3, -0.25) is 18.8 Å². The molecule has 9 heteroatoms. The summed E-state index contributed by atoms with van der Waals surface area (Å²) in [6.45, 7) is 6.68. The number of rotatable bonds is 8. The summed E-state index contributed by atoms with van der Waals surface area (Å²) >= 11 is 0. The lowest BCUT2D eigenvalue weighted by Crippen LogP contribution is -2.47. The number of benzene rings is 2. The van der Waals surface area contributed by atoms with E-state index >= 15 is 0 Å². The molecule has 1 saturated heterocycles. The summed E-state index contributed by atoms with van der Waals surface area (Å²) in [5.41, 5.74) is 1.99. The van der Waals surface area contributed by atoms with Crippen molar-refractivity contribution >= 4 is 18.1 Å². The van der Waals surface area contributed by atoms with Gasteiger partial charge in [0.05, 0.1) is 19.3 Å². The standard InChI is InChI=1S/C26H31FN4O3.ClH/c1-20-18-30(19-21-7-4-3-5-8-21)26(33)31(25(20)32)12-6-11-28-13-15-29(16-14-28)23-10-9-22(27)17-24(23)34-2;/h3-5,7-10,17-18H,6,11-16,19H2,1-2H3;1H. The van der Waals surface area contributed by atoms with Crippen LogP contribution >= 0.6 is 12.4 Å². The monoisotopic (exact) mass is 502 g/mol. The molecule has 3 aromatic rings. The van der Waals surface area contributed by atoms with Gasteiger partial charge in [0.2, 0.25) is 0 Å². The van der Waals surface area contributed by atoms with Gasteiger partial charge in [-0.1, -0.05) is 30.3 Å². The molecule has 7 nitrogen and oxygen atoms in total. The van der Waals surface area contributed by atoms with Crippen molar-refractivity contribution in [2.24, 2.45) is 0 Å². The molecular formula is C26H32ClFN4O3. The molecule has 0 N–H and O–H groups in total. The summed E-state index contributed by atoms with van der Waals surface area (Å²) < 4.78 is 21.8. The van der Waals surface area contributed by atoms with Gasteiger partial charge < -0.3 is 9.64 Å². The van der Waals surface area contributed by atoms with E-state index < -0.39 is 0 Å². The molecular weight excluding hydrogens is 471 g/mol. The van der Waals surface area contributed by atoms with Gasteiger partial charge in [0.25, 0.3) is 5.56 Å². The zero-order valence-corrected chi connectivity index (χ0v) is 21.0. The van der Waals surface area contributed by atoms with Gasteiger partial charge in [0.15, 0.2) is 0 Å². The maximum Gasteiger partial charge on any atom is 0.331 e. The molecule has 188 valence electrons. The Balaban J connectivity index is 0.00000342. The van der Waals surface area contributed by atoms with Gasteiger partial charge in [0, 0.05) is 50.6 Å². The Hall–Kier alpha value is -3.10. The van der Waals surface area contributed by atoms with E-state index in [0.29, 0.717) is 30.8 Å². The largest absolute Gasteiger partial charge is 0.494 e. The van der Waals surface area contributed by atoms with Gasteiger partial charge in [-0.15, -0.1) is 12.4 Å². The molecule has 0 unspecified atom stereocenters. The average molecular weight is 503 g/mol.